The summed E-state index contributed by atoms with van der Waals surface area (Å²) in [6.07, 6.45) is 8.51. The van der Waals surface area contributed by atoms with Crippen LogP contribution < -0.4 is 4.74 Å². The number of ether oxygens (including phenoxy) is 3. The SMILES string of the molecule is CCOC1=CC=CC(C#CC(C)=CCOc2ccccc2Br)(OCC)C1. The lowest BCUT2D eigenvalue weighted by Crippen LogP contribution is -2.31. The molecule has 0 fully saturated rings. The fraction of sp³-hybridized carbons (Fsp3) is 0.364. The minimum Gasteiger partial charge on any atom is -0.498 e. The van der Waals surface area contributed by atoms with Crippen molar-refractivity contribution in [2.45, 2.75) is 32.8 Å². The molecule has 0 spiro atoms. The molecule has 1 aromatic rings. The third kappa shape index (κ3) is 6.09. The van der Waals surface area contributed by atoms with Crippen LogP contribution in [0.2, 0.25) is 0 Å². The van der Waals surface area contributed by atoms with E-state index in [1.165, 1.54) is 0 Å². The van der Waals surface area contributed by atoms with Crippen molar-refractivity contribution in [3.63, 3.8) is 0 Å². The number of halogens is 1. The molecule has 1 aliphatic rings. The van der Waals surface area contributed by atoms with E-state index in [-0.39, 0.29) is 0 Å². The van der Waals surface area contributed by atoms with E-state index in [9.17, 15) is 0 Å². The van der Waals surface area contributed by atoms with Crippen LogP contribution in [0, 0.1) is 11.8 Å². The second-order valence-electron chi connectivity index (χ2n) is 5.80. The smallest absolute Gasteiger partial charge is 0.154 e. The van der Waals surface area contributed by atoms with E-state index in [1.807, 2.05) is 69.3 Å². The molecule has 0 N–H and O–H groups in total. The third-order valence-electron chi connectivity index (χ3n) is 3.75. The summed E-state index contributed by atoms with van der Waals surface area (Å²) < 4.78 is 18.3. The third-order valence-corrected chi connectivity index (χ3v) is 4.41. The van der Waals surface area contributed by atoms with Gasteiger partial charge in [-0.1, -0.05) is 30.0 Å². The van der Waals surface area contributed by atoms with Crippen LogP contribution in [0.3, 0.4) is 0 Å². The standard InChI is InChI=1S/C22H25BrO3/c1-4-24-19-9-8-14-22(17-19,26-5-2)15-12-18(3)13-16-25-21-11-7-6-10-20(21)23/h6-11,13-14H,4-5,16-17H2,1-3H3. The van der Waals surface area contributed by atoms with Crippen LogP contribution in [-0.4, -0.2) is 25.4 Å². The minimum absolute atomic E-state index is 0.463. The summed E-state index contributed by atoms with van der Waals surface area (Å²) >= 11 is 3.47. The molecule has 26 heavy (non-hydrogen) atoms. The van der Waals surface area contributed by atoms with Crippen LogP contribution in [0.25, 0.3) is 0 Å². The van der Waals surface area contributed by atoms with Gasteiger partial charge < -0.3 is 14.2 Å². The van der Waals surface area contributed by atoms with E-state index in [1.54, 1.807) is 0 Å². The van der Waals surface area contributed by atoms with Crippen LogP contribution in [0.4, 0.5) is 0 Å². The lowest BCUT2D eigenvalue weighted by atomic mass is 9.93. The first-order chi connectivity index (χ1) is 12.6. The van der Waals surface area contributed by atoms with E-state index in [0.29, 0.717) is 26.2 Å². The maximum Gasteiger partial charge on any atom is 0.154 e. The Morgan fingerprint density at radius 1 is 1.23 bits per heavy atom. The van der Waals surface area contributed by atoms with Gasteiger partial charge in [0.05, 0.1) is 11.1 Å². The number of para-hydroxylation sites is 1. The van der Waals surface area contributed by atoms with E-state index in [2.05, 4.69) is 27.8 Å². The molecule has 0 bridgehead atoms. The zero-order valence-corrected chi connectivity index (χ0v) is 17.1. The van der Waals surface area contributed by atoms with Gasteiger partial charge in [0.2, 0.25) is 0 Å². The molecule has 3 nitrogen and oxygen atoms in total. The van der Waals surface area contributed by atoms with E-state index in [4.69, 9.17) is 14.2 Å². The van der Waals surface area contributed by atoms with Gasteiger partial charge in [0, 0.05) is 13.0 Å². The quantitative estimate of drug-likeness (QED) is 0.554. The number of benzene rings is 1. The fourth-order valence-electron chi connectivity index (χ4n) is 2.52. The van der Waals surface area contributed by atoms with E-state index < -0.39 is 5.60 Å². The summed E-state index contributed by atoms with van der Waals surface area (Å²) in [6.45, 7) is 7.62. The first-order valence-electron chi connectivity index (χ1n) is 8.81. The molecule has 0 radical (unpaired) electrons. The molecular formula is C22H25BrO3. The average molecular weight is 417 g/mol. The van der Waals surface area contributed by atoms with Crippen LogP contribution in [0.5, 0.6) is 5.75 Å². The average Bonchev–Trinajstić information content (AvgIpc) is 2.63. The highest BCUT2D eigenvalue weighted by Gasteiger charge is 2.29. The second kappa shape index (κ2) is 10.3. The van der Waals surface area contributed by atoms with Gasteiger partial charge in [-0.25, -0.2) is 0 Å². The predicted octanol–water partition coefficient (Wildman–Crippen LogP) is 5.43. The Bertz CT molecular complexity index is 752. The summed E-state index contributed by atoms with van der Waals surface area (Å²) in [6, 6.07) is 7.79. The highest BCUT2D eigenvalue weighted by molar-refractivity contribution is 9.10. The van der Waals surface area contributed by atoms with Crippen molar-refractivity contribution in [2.75, 3.05) is 19.8 Å². The largest absolute Gasteiger partial charge is 0.498 e. The van der Waals surface area contributed by atoms with Gasteiger partial charge in [0.1, 0.15) is 18.1 Å². The maximum atomic E-state index is 5.94. The Kier molecular flexibility index (Phi) is 8.03. The van der Waals surface area contributed by atoms with Gasteiger partial charge >= 0.3 is 0 Å². The fourth-order valence-corrected chi connectivity index (χ4v) is 2.92. The normalized spacial score (nSPS) is 19.4. The Labute approximate surface area is 164 Å². The Morgan fingerprint density at radius 3 is 2.77 bits per heavy atom. The molecule has 0 saturated heterocycles. The highest BCUT2D eigenvalue weighted by atomic mass is 79.9. The molecule has 0 aromatic heterocycles. The molecule has 0 amide bonds. The molecule has 138 valence electrons. The second-order valence-corrected chi connectivity index (χ2v) is 6.66. The first-order valence-corrected chi connectivity index (χ1v) is 9.60. The molecule has 0 saturated carbocycles. The van der Waals surface area contributed by atoms with Crippen LogP contribution in [0.15, 0.2) is 64.4 Å². The van der Waals surface area contributed by atoms with Crippen molar-refractivity contribution in [1.82, 2.24) is 0 Å². The molecule has 4 heteroatoms. The molecular weight excluding hydrogens is 392 g/mol. The first kappa shape index (κ1) is 20.4. The van der Waals surface area contributed by atoms with E-state index >= 15 is 0 Å². The van der Waals surface area contributed by atoms with Gasteiger partial charge in [-0.15, -0.1) is 0 Å². The molecule has 0 heterocycles. The molecule has 2 rings (SSSR count). The Balaban J connectivity index is 2.03. The zero-order chi connectivity index (χ0) is 18.8. The van der Waals surface area contributed by atoms with Gasteiger partial charge in [-0.2, -0.15) is 0 Å². The monoisotopic (exact) mass is 416 g/mol. The summed E-state index contributed by atoms with van der Waals surface area (Å²) in [5, 5.41) is 0. The molecule has 1 atom stereocenters. The molecule has 1 aliphatic carbocycles. The summed E-state index contributed by atoms with van der Waals surface area (Å²) in [5.74, 6) is 8.19. The van der Waals surface area contributed by atoms with Gasteiger partial charge in [0.15, 0.2) is 5.60 Å². The van der Waals surface area contributed by atoms with Crippen molar-refractivity contribution >= 4 is 15.9 Å². The number of hydrogen-bond donors (Lipinski definition) is 0. The summed E-state index contributed by atoms with van der Waals surface area (Å²) in [5.41, 5.74) is 0.309. The number of rotatable bonds is 7. The maximum absolute atomic E-state index is 5.94. The number of hydrogen-bond acceptors (Lipinski definition) is 3. The minimum atomic E-state index is -0.633. The van der Waals surface area contributed by atoms with Gasteiger partial charge in [0.25, 0.3) is 0 Å². The van der Waals surface area contributed by atoms with Crippen LogP contribution in [0.1, 0.15) is 27.2 Å². The van der Waals surface area contributed by atoms with Crippen molar-refractivity contribution in [3.05, 3.63) is 64.4 Å². The summed E-state index contributed by atoms with van der Waals surface area (Å²) in [7, 11) is 0. The lowest BCUT2D eigenvalue weighted by Gasteiger charge is -2.28. The van der Waals surface area contributed by atoms with Crippen LogP contribution >= 0.6 is 15.9 Å². The molecule has 1 aromatic carbocycles. The van der Waals surface area contributed by atoms with Crippen LogP contribution in [-0.2, 0) is 9.47 Å². The van der Waals surface area contributed by atoms with Crippen molar-refractivity contribution in [2.24, 2.45) is 0 Å². The van der Waals surface area contributed by atoms with Gasteiger partial charge in [-0.05, 0) is 72.6 Å². The van der Waals surface area contributed by atoms with Gasteiger partial charge in [-0.3, -0.25) is 0 Å². The Morgan fingerprint density at radius 2 is 2.04 bits per heavy atom. The summed E-state index contributed by atoms with van der Waals surface area (Å²) in [4.78, 5) is 0. The topological polar surface area (TPSA) is 27.7 Å². The predicted molar refractivity (Wildman–Crippen MR) is 109 cm³/mol. The molecule has 0 aliphatic heterocycles. The lowest BCUT2D eigenvalue weighted by molar-refractivity contribution is 0.0301. The van der Waals surface area contributed by atoms with E-state index in [0.717, 1.165) is 21.6 Å². The number of allylic oxidation sites excluding steroid dienone is 3. The van der Waals surface area contributed by atoms with Crippen molar-refractivity contribution < 1.29 is 14.2 Å². The Hall–Kier alpha value is -1.96. The highest BCUT2D eigenvalue weighted by Crippen LogP contribution is 2.27. The zero-order valence-electron chi connectivity index (χ0n) is 15.5. The van der Waals surface area contributed by atoms with Crippen molar-refractivity contribution in [1.29, 1.82) is 0 Å². The van der Waals surface area contributed by atoms with Crippen molar-refractivity contribution in [3.8, 4) is 17.6 Å². The molecule has 1 unspecified atom stereocenters.